The number of H-pyrrole nitrogens is 1. The first kappa shape index (κ1) is 20.5. The van der Waals surface area contributed by atoms with Crippen molar-refractivity contribution in [2.24, 2.45) is 5.92 Å². The zero-order chi connectivity index (χ0) is 22.0. The summed E-state index contributed by atoms with van der Waals surface area (Å²) in [6.07, 6.45) is 1.01. The average Bonchev–Trinajstić information content (AvgIpc) is 3.21. The van der Waals surface area contributed by atoms with Crippen molar-refractivity contribution in [3.05, 3.63) is 69.7 Å². The third-order valence-corrected chi connectivity index (χ3v) is 5.49. The number of aromatic amines is 1. The summed E-state index contributed by atoms with van der Waals surface area (Å²) < 4.78 is 13.0. The van der Waals surface area contributed by atoms with Gasteiger partial charge in [-0.3, -0.25) is 24.8 Å². The third kappa shape index (κ3) is 4.37. The fourth-order valence-corrected chi connectivity index (χ4v) is 3.71. The number of carbonyl (C=O) groups is 2. The number of hydrogen-bond acceptors (Lipinski definition) is 5. The molecule has 0 atom stereocenters. The second-order valence-corrected chi connectivity index (χ2v) is 7.47. The van der Waals surface area contributed by atoms with Gasteiger partial charge in [0.25, 0.3) is 11.6 Å². The number of likely N-dealkylation sites (tertiary alicyclic amines) is 1. The molecule has 4 rings (SSSR count). The van der Waals surface area contributed by atoms with Crippen LogP contribution in [0.2, 0.25) is 0 Å². The van der Waals surface area contributed by atoms with E-state index in [0.29, 0.717) is 43.4 Å². The first-order valence-corrected chi connectivity index (χ1v) is 9.86. The molecular formula is C21H20FN5O4. The molecule has 1 aliphatic rings. The van der Waals surface area contributed by atoms with Crippen molar-refractivity contribution in [2.45, 2.75) is 19.4 Å². The SMILES string of the molecule is O=C(NCc1ccc(F)cc1)C1CCN(C(=O)c2n[nH]c3ccc([N+](=O)[O-])cc23)CC1. The number of halogens is 1. The fourth-order valence-electron chi connectivity index (χ4n) is 3.71. The average molecular weight is 425 g/mol. The number of benzene rings is 2. The number of nitro groups is 1. The van der Waals surface area contributed by atoms with Crippen LogP contribution in [-0.4, -0.2) is 44.9 Å². The third-order valence-electron chi connectivity index (χ3n) is 5.49. The van der Waals surface area contributed by atoms with Gasteiger partial charge in [-0.25, -0.2) is 4.39 Å². The van der Waals surface area contributed by atoms with Crippen LogP contribution in [0.15, 0.2) is 42.5 Å². The summed E-state index contributed by atoms with van der Waals surface area (Å²) >= 11 is 0. The van der Waals surface area contributed by atoms with E-state index in [1.807, 2.05) is 0 Å². The lowest BCUT2D eigenvalue weighted by atomic mass is 9.95. The predicted octanol–water partition coefficient (Wildman–Crippen LogP) is 2.78. The molecule has 3 aromatic rings. The van der Waals surface area contributed by atoms with E-state index < -0.39 is 4.92 Å². The van der Waals surface area contributed by atoms with Crippen molar-refractivity contribution in [1.82, 2.24) is 20.4 Å². The zero-order valence-corrected chi connectivity index (χ0v) is 16.5. The minimum absolute atomic E-state index is 0.0998. The Morgan fingerprint density at radius 3 is 2.58 bits per heavy atom. The lowest BCUT2D eigenvalue weighted by molar-refractivity contribution is -0.384. The Morgan fingerprint density at radius 2 is 1.90 bits per heavy atom. The smallest absolute Gasteiger partial charge is 0.274 e. The molecule has 160 valence electrons. The number of nitrogens with one attached hydrogen (secondary N) is 2. The molecule has 1 aliphatic heterocycles. The normalized spacial score (nSPS) is 14.5. The van der Waals surface area contributed by atoms with Crippen molar-refractivity contribution >= 4 is 28.4 Å². The van der Waals surface area contributed by atoms with Gasteiger partial charge in [0.1, 0.15) is 5.82 Å². The molecule has 9 nitrogen and oxygen atoms in total. The van der Waals surface area contributed by atoms with Crippen LogP contribution in [0, 0.1) is 21.8 Å². The number of rotatable bonds is 5. The number of hydrogen-bond donors (Lipinski definition) is 2. The molecule has 2 aromatic carbocycles. The number of carbonyl (C=O) groups excluding carboxylic acids is 2. The Balaban J connectivity index is 1.36. The fraction of sp³-hybridized carbons (Fsp3) is 0.286. The first-order valence-electron chi connectivity index (χ1n) is 9.86. The molecule has 2 N–H and O–H groups in total. The van der Waals surface area contributed by atoms with Crippen LogP contribution in [0.25, 0.3) is 10.9 Å². The minimum Gasteiger partial charge on any atom is -0.352 e. The highest BCUT2D eigenvalue weighted by Gasteiger charge is 2.29. The maximum Gasteiger partial charge on any atom is 0.274 e. The molecule has 0 saturated carbocycles. The second-order valence-electron chi connectivity index (χ2n) is 7.47. The van der Waals surface area contributed by atoms with Gasteiger partial charge in [-0.15, -0.1) is 0 Å². The molecule has 31 heavy (non-hydrogen) atoms. The molecule has 2 heterocycles. The molecule has 0 radical (unpaired) electrons. The highest BCUT2D eigenvalue weighted by atomic mass is 19.1. The maximum atomic E-state index is 13.0. The van der Waals surface area contributed by atoms with Gasteiger partial charge < -0.3 is 10.2 Å². The summed E-state index contributed by atoms with van der Waals surface area (Å²) in [6, 6.07) is 10.1. The summed E-state index contributed by atoms with van der Waals surface area (Å²) in [5, 5.41) is 21.1. The van der Waals surface area contributed by atoms with Gasteiger partial charge in [-0.2, -0.15) is 5.10 Å². The number of fused-ring (bicyclic) bond motifs is 1. The van der Waals surface area contributed by atoms with E-state index >= 15 is 0 Å². The van der Waals surface area contributed by atoms with Crippen molar-refractivity contribution in [2.75, 3.05) is 13.1 Å². The molecule has 1 aromatic heterocycles. The Labute approximate surface area is 176 Å². The van der Waals surface area contributed by atoms with Gasteiger partial charge in [0.15, 0.2) is 5.69 Å². The quantitative estimate of drug-likeness (QED) is 0.481. The number of amides is 2. The summed E-state index contributed by atoms with van der Waals surface area (Å²) in [6.45, 7) is 1.09. The van der Waals surface area contributed by atoms with Crippen molar-refractivity contribution < 1.29 is 18.9 Å². The maximum absolute atomic E-state index is 13.0. The monoisotopic (exact) mass is 425 g/mol. The van der Waals surface area contributed by atoms with Crippen LogP contribution >= 0.6 is 0 Å². The molecule has 10 heteroatoms. The highest BCUT2D eigenvalue weighted by Crippen LogP contribution is 2.25. The Hall–Kier alpha value is -3.82. The number of aromatic nitrogens is 2. The Kier molecular flexibility index (Phi) is 5.61. The molecule has 0 unspecified atom stereocenters. The van der Waals surface area contributed by atoms with Crippen LogP contribution in [0.5, 0.6) is 0 Å². The highest BCUT2D eigenvalue weighted by molar-refractivity contribution is 6.05. The predicted molar refractivity (Wildman–Crippen MR) is 110 cm³/mol. The van der Waals surface area contributed by atoms with E-state index in [-0.39, 0.29) is 34.9 Å². The lowest BCUT2D eigenvalue weighted by Gasteiger charge is -2.31. The van der Waals surface area contributed by atoms with E-state index in [0.717, 1.165) is 5.56 Å². The van der Waals surface area contributed by atoms with Crippen LogP contribution in [-0.2, 0) is 11.3 Å². The zero-order valence-electron chi connectivity index (χ0n) is 16.5. The Morgan fingerprint density at radius 1 is 1.19 bits per heavy atom. The molecule has 1 fully saturated rings. The van der Waals surface area contributed by atoms with Gasteiger partial charge >= 0.3 is 0 Å². The summed E-state index contributed by atoms with van der Waals surface area (Å²) in [5.74, 6) is -0.970. The van der Waals surface area contributed by atoms with E-state index in [9.17, 15) is 24.1 Å². The topological polar surface area (TPSA) is 121 Å². The minimum atomic E-state index is -0.517. The second kappa shape index (κ2) is 8.50. The van der Waals surface area contributed by atoms with E-state index in [2.05, 4.69) is 15.5 Å². The van der Waals surface area contributed by atoms with Gasteiger partial charge in [-0.1, -0.05) is 12.1 Å². The van der Waals surface area contributed by atoms with E-state index in [1.54, 1.807) is 17.0 Å². The number of non-ortho nitro benzene ring substituents is 1. The van der Waals surface area contributed by atoms with Crippen molar-refractivity contribution in [3.8, 4) is 0 Å². The molecule has 1 saturated heterocycles. The van der Waals surface area contributed by atoms with Crippen LogP contribution in [0.4, 0.5) is 10.1 Å². The van der Waals surface area contributed by atoms with E-state index in [1.165, 1.54) is 30.3 Å². The van der Waals surface area contributed by atoms with Gasteiger partial charge in [0.05, 0.1) is 10.4 Å². The summed E-state index contributed by atoms with van der Waals surface area (Å²) in [7, 11) is 0. The Bertz CT molecular complexity index is 1140. The van der Waals surface area contributed by atoms with Crippen LogP contribution in [0.3, 0.4) is 0 Å². The molecule has 0 spiro atoms. The molecule has 2 amide bonds. The van der Waals surface area contributed by atoms with Crippen molar-refractivity contribution in [3.63, 3.8) is 0 Å². The molecule has 0 bridgehead atoms. The summed E-state index contributed by atoms with van der Waals surface area (Å²) in [5.41, 5.74) is 1.38. The van der Waals surface area contributed by atoms with Crippen LogP contribution in [0.1, 0.15) is 28.9 Å². The number of piperidine rings is 1. The first-order chi connectivity index (χ1) is 14.9. The van der Waals surface area contributed by atoms with Crippen molar-refractivity contribution in [1.29, 1.82) is 0 Å². The van der Waals surface area contributed by atoms with E-state index in [4.69, 9.17) is 0 Å². The molecular weight excluding hydrogens is 405 g/mol. The summed E-state index contributed by atoms with van der Waals surface area (Å²) in [4.78, 5) is 37.5. The standard InChI is InChI=1S/C21H20FN5O4/c22-15-3-1-13(2-4-15)12-23-20(28)14-7-9-26(10-8-14)21(29)19-17-11-16(27(30)31)5-6-18(17)24-25-19/h1-6,11,14H,7-10,12H2,(H,23,28)(H,24,25). The number of nitrogens with zero attached hydrogens (tertiary/aromatic N) is 3. The molecule has 0 aliphatic carbocycles. The van der Waals surface area contributed by atoms with Gasteiger partial charge in [0.2, 0.25) is 5.91 Å². The number of nitro benzene ring substituents is 1. The van der Waals surface area contributed by atoms with Crippen LogP contribution < -0.4 is 5.32 Å². The van der Waals surface area contributed by atoms with Gasteiger partial charge in [-0.05, 0) is 36.6 Å². The lowest BCUT2D eigenvalue weighted by Crippen LogP contribution is -2.43. The largest absolute Gasteiger partial charge is 0.352 e. The van der Waals surface area contributed by atoms with Gasteiger partial charge in [0, 0.05) is 43.1 Å².